The summed E-state index contributed by atoms with van der Waals surface area (Å²) in [5, 5.41) is 0. The summed E-state index contributed by atoms with van der Waals surface area (Å²) in [5.74, 6) is 7.96. The van der Waals surface area contributed by atoms with Gasteiger partial charge in [0.2, 0.25) is 17.8 Å². The molecule has 0 saturated carbocycles. The fraction of sp³-hybridized carbons (Fsp3) is 0.750. The molecular weight excluding hydrogens is 242 g/mol. The van der Waals surface area contributed by atoms with Gasteiger partial charge in [-0.15, -0.1) is 0 Å². The minimum absolute atomic E-state index is 0.423. The summed E-state index contributed by atoms with van der Waals surface area (Å²) in [5.41, 5.74) is 2.53. The Morgan fingerprint density at radius 3 is 2.58 bits per heavy atom. The molecule has 2 heterocycles. The van der Waals surface area contributed by atoms with Gasteiger partial charge in [0.1, 0.15) is 0 Å². The summed E-state index contributed by atoms with van der Waals surface area (Å²) in [4.78, 5) is 17.5. The van der Waals surface area contributed by atoms with Crippen LogP contribution < -0.4 is 21.1 Å². The van der Waals surface area contributed by atoms with Gasteiger partial charge in [-0.05, 0) is 26.2 Å². The van der Waals surface area contributed by atoms with Gasteiger partial charge in [0.15, 0.2) is 0 Å². The molecule has 1 aromatic rings. The molecule has 0 aromatic carbocycles. The topological polar surface area (TPSA) is 83.2 Å². The van der Waals surface area contributed by atoms with Gasteiger partial charge in [-0.25, -0.2) is 5.84 Å². The number of hydrogen-bond donors (Lipinski definition) is 2. The van der Waals surface area contributed by atoms with Crippen LogP contribution in [-0.4, -0.2) is 41.1 Å². The zero-order chi connectivity index (χ0) is 13.8. The highest BCUT2D eigenvalue weighted by atomic mass is 15.4. The lowest BCUT2D eigenvalue weighted by atomic mass is 10.2. The van der Waals surface area contributed by atoms with Crippen LogP contribution in [0.15, 0.2) is 0 Å². The lowest BCUT2D eigenvalue weighted by Gasteiger charge is -2.22. The first kappa shape index (κ1) is 13.8. The Bertz CT molecular complexity index is 419. The minimum Gasteiger partial charge on any atom is -0.341 e. The number of hydrogen-bond acceptors (Lipinski definition) is 7. The summed E-state index contributed by atoms with van der Waals surface area (Å²) < 4.78 is 0. The Morgan fingerprint density at radius 2 is 2.05 bits per heavy atom. The quantitative estimate of drug-likeness (QED) is 0.603. The number of hydrazine groups is 1. The smallest absolute Gasteiger partial charge is 0.243 e. The Kier molecular flexibility index (Phi) is 4.36. The monoisotopic (exact) mass is 265 g/mol. The molecular formula is C12H23N7. The van der Waals surface area contributed by atoms with Crippen LogP contribution in [0.5, 0.6) is 0 Å². The van der Waals surface area contributed by atoms with Crippen LogP contribution in [0, 0.1) is 5.92 Å². The number of nitrogens with one attached hydrogen (secondary N) is 1. The van der Waals surface area contributed by atoms with Gasteiger partial charge in [0.05, 0.1) is 0 Å². The van der Waals surface area contributed by atoms with Gasteiger partial charge < -0.3 is 9.80 Å². The molecule has 1 atom stereocenters. The van der Waals surface area contributed by atoms with Crippen LogP contribution >= 0.6 is 0 Å². The molecule has 0 spiro atoms. The van der Waals surface area contributed by atoms with E-state index in [9.17, 15) is 0 Å². The summed E-state index contributed by atoms with van der Waals surface area (Å²) in [6.07, 6.45) is 1.18. The molecule has 1 fully saturated rings. The largest absolute Gasteiger partial charge is 0.341 e. The van der Waals surface area contributed by atoms with Gasteiger partial charge in [0, 0.05) is 26.2 Å². The molecule has 0 radical (unpaired) electrons. The maximum Gasteiger partial charge on any atom is 0.243 e. The Hall–Kier alpha value is -1.63. The Morgan fingerprint density at radius 1 is 1.32 bits per heavy atom. The minimum atomic E-state index is 0.423. The van der Waals surface area contributed by atoms with Gasteiger partial charge in [-0.3, -0.25) is 5.43 Å². The van der Waals surface area contributed by atoms with Crippen LogP contribution in [-0.2, 0) is 0 Å². The van der Waals surface area contributed by atoms with E-state index in [0.29, 0.717) is 23.8 Å². The standard InChI is InChI=1S/C12H23N7/c1-4-18(5-2)11-14-10(17-13)15-12(16-11)19-7-6-9(3)8-19/h9H,4-8,13H2,1-3H3,(H,14,15,16,17). The van der Waals surface area contributed by atoms with Crippen molar-refractivity contribution in [3.8, 4) is 0 Å². The highest BCUT2D eigenvalue weighted by Gasteiger charge is 2.22. The molecule has 2 rings (SSSR count). The number of nitrogens with two attached hydrogens (primary N) is 1. The van der Waals surface area contributed by atoms with Crippen LogP contribution in [0.4, 0.5) is 17.8 Å². The zero-order valence-electron chi connectivity index (χ0n) is 11.9. The van der Waals surface area contributed by atoms with E-state index in [4.69, 9.17) is 5.84 Å². The highest BCUT2D eigenvalue weighted by Crippen LogP contribution is 2.22. The van der Waals surface area contributed by atoms with Crippen molar-refractivity contribution in [1.29, 1.82) is 0 Å². The first-order chi connectivity index (χ1) is 9.17. The Balaban J connectivity index is 2.30. The van der Waals surface area contributed by atoms with E-state index in [1.54, 1.807) is 0 Å². The van der Waals surface area contributed by atoms with Crippen LogP contribution in [0.25, 0.3) is 0 Å². The maximum atomic E-state index is 5.46. The van der Waals surface area contributed by atoms with Gasteiger partial charge in [-0.1, -0.05) is 6.92 Å². The van der Waals surface area contributed by atoms with Crippen molar-refractivity contribution >= 4 is 17.8 Å². The Labute approximate surface area is 114 Å². The van der Waals surface area contributed by atoms with E-state index < -0.39 is 0 Å². The van der Waals surface area contributed by atoms with Gasteiger partial charge in [0.25, 0.3) is 0 Å². The second kappa shape index (κ2) is 6.01. The lowest BCUT2D eigenvalue weighted by molar-refractivity contribution is 0.657. The average molecular weight is 265 g/mol. The molecule has 0 aliphatic carbocycles. The van der Waals surface area contributed by atoms with Crippen LogP contribution in [0.3, 0.4) is 0 Å². The predicted octanol–water partition coefficient (Wildman–Crippen LogP) is 0.850. The molecule has 7 nitrogen and oxygen atoms in total. The zero-order valence-corrected chi connectivity index (χ0v) is 11.9. The number of nitrogens with zero attached hydrogens (tertiary/aromatic N) is 5. The second-order valence-corrected chi connectivity index (χ2v) is 4.92. The van der Waals surface area contributed by atoms with Gasteiger partial charge >= 0.3 is 0 Å². The van der Waals surface area contributed by atoms with Crippen LogP contribution in [0.2, 0.25) is 0 Å². The molecule has 1 unspecified atom stereocenters. The van der Waals surface area contributed by atoms with Crippen molar-refractivity contribution in [2.45, 2.75) is 27.2 Å². The molecule has 3 N–H and O–H groups in total. The van der Waals surface area contributed by atoms with Crippen molar-refractivity contribution in [3.63, 3.8) is 0 Å². The molecule has 1 aliphatic heterocycles. The third-order valence-electron chi connectivity index (χ3n) is 3.49. The predicted molar refractivity (Wildman–Crippen MR) is 77.2 cm³/mol. The fourth-order valence-electron chi connectivity index (χ4n) is 2.32. The summed E-state index contributed by atoms with van der Waals surface area (Å²) >= 11 is 0. The van der Waals surface area contributed by atoms with E-state index in [2.05, 4.69) is 50.9 Å². The van der Waals surface area contributed by atoms with E-state index in [1.807, 2.05) is 0 Å². The lowest BCUT2D eigenvalue weighted by Crippen LogP contribution is -2.28. The SMILES string of the molecule is CCN(CC)c1nc(NN)nc(N2CCC(C)C2)n1. The van der Waals surface area contributed by atoms with Gasteiger partial charge in [-0.2, -0.15) is 15.0 Å². The number of anilines is 3. The summed E-state index contributed by atoms with van der Waals surface area (Å²) in [6.45, 7) is 10.1. The number of nitrogen functional groups attached to an aromatic ring is 1. The molecule has 0 amide bonds. The van der Waals surface area contributed by atoms with Crippen molar-refractivity contribution in [3.05, 3.63) is 0 Å². The third-order valence-corrected chi connectivity index (χ3v) is 3.49. The van der Waals surface area contributed by atoms with Crippen molar-refractivity contribution in [2.24, 2.45) is 11.8 Å². The molecule has 0 bridgehead atoms. The van der Waals surface area contributed by atoms with Crippen molar-refractivity contribution in [1.82, 2.24) is 15.0 Å². The first-order valence-electron chi connectivity index (χ1n) is 6.90. The van der Waals surface area contributed by atoms with Crippen molar-refractivity contribution in [2.75, 3.05) is 41.4 Å². The normalized spacial score (nSPS) is 18.7. The molecule has 7 heteroatoms. The van der Waals surface area contributed by atoms with E-state index >= 15 is 0 Å². The van der Waals surface area contributed by atoms with Crippen LogP contribution in [0.1, 0.15) is 27.2 Å². The maximum absolute atomic E-state index is 5.46. The van der Waals surface area contributed by atoms with E-state index in [0.717, 1.165) is 26.2 Å². The summed E-state index contributed by atoms with van der Waals surface area (Å²) in [7, 11) is 0. The molecule has 106 valence electrons. The van der Waals surface area contributed by atoms with Crippen molar-refractivity contribution < 1.29 is 0 Å². The number of aromatic nitrogens is 3. The van der Waals surface area contributed by atoms with E-state index in [1.165, 1.54) is 6.42 Å². The molecule has 1 aliphatic rings. The second-order valence-electron chi connectivity index (χ2n) is 4.92. The number of rotatable bonds is 5. The molecule has 19 heavy (non-hydrogen) atoms. The highest BCUT2D eigenvalue weighted by molar-refractivity contribution is 5.45. The molecule has 1 saturated heterocycles. The third kappa shape index (κ3) is 3.04. The first-order valence-corrected chi connectivity index (χ1v) is 6.90. The summed E-state index contributed by atoms with van der Waals surface area (Å²) in [6, 6.07) is 0. The van der Waals surface area contributed by atoms with E-state index in [-0.39, 0.29) is 0 Å². The molecule has 1 aromatic heterocycles. The fourth-order valence-corrected chi connectivity index (χ4v) is 2.32. The average Bonchev–Trinajstić information content (AvgIpc) is 2.86.